The number of methoxy groups -OCH3 is 1. The van der Waals surface area contributed by atoms with E-state index < -0.39 is 0 Å². The van der Waals surface area contributed by atoms with E-state index in [4.69, 9.17) is 9.47 Å². The highest BCUT2D eigenvalue weighted by molar-refractivity contribution is 5.98. The van der Waals surface area contributed by atoms with Crippen LogP contribution in [-0.4, -0.2) is 51.8 Å². The molecule has 1 saturated heterocycles. The maximum absolute atomic E-state index is 12.4. The third-order valence-electron chi connectivity index (χ3n) is 5.02. The third kappa shape index (κ3) is 5.13. The van der Waals surface area contributed by atoms with E-state index in [0.29, 0.717) is 24.3 Å². The molecule has 1 fully saturated rings. The second kappa shape index (κ2) is 9.54. The van der Waals surface area contributed by atoms with Gasteiger partial charge in [0.1, 0.15) is 12.4 Å². The average Bonchev–Trinajstić information content (AvgIpc) is 2.77. The summed E-state index contributed by atoms with van der Waals surface area (Å²) in [4.78, 5) is 26.0. The molecule has 0 radical (unpaired) electrons. The molecule has 7 nitrogen and oxygen atoms in total. The molecule has 0 aromatic heterocycles. The Morgan fingerprint density at radius 3 is 2.83 bits per heavy atom. The SMILES string of the molecule is CNC(=O)c1cccc(N2CC(CN[C@H](C)c3cccc(OC)c3)OCC2=O)c1. The van der Waals surface area contributed by atoms with Crippen molar-refractivity contribution in [1.82, 2.24) is 10.6 Å². The first-order chi connectivity index (χ1) is 14.0. The highest BCUT2D eigenvalue weighted by Gasteiger charge is 2.28. The van der Waals surface area contributed by atoms with Crippen LogP contribution in [0.15, 0.2) is 48.5 Å². The maximum Gasteiger partial charge on any atom is 0.253 e. The molecule has 0 spiro atoms. The van der Waals surface area contributed by atoms with Crippen LogP contribution in [0.3, 0.4) is 0 Å². The molecule has 1 heterocycles. The fourth-order valence-electron chi connectivity index (χ4n) is 3.29. The number of carbonyl (C=O) groups is 2. The van der Waals surface area contributed by atoms with Gasteiger partial charge in [-0.2, -0.15) is 0 Å². The molecule has 1 unspecified atom stereocenters. The predicted octanol–water partition coefficient (Wildman–Crippen LogP) is 2.14. The highest BCUT2D eigenvalue weighted by Crippen LogP contribution is 2.22. The molecular weight excluding hydrogens is 370 g/mol. The van der Waals surface area contributed by atoms with Gasteiger partial charge in [-0.05, 0) is 42.8 Å². The van der Waals surface area contributed by atoms with Crippen LogP contribution in [0, 0.1) is 0 Å². The summed E-state index contributed by atoms with van der Waals surface area (Å²) in [6.45, 7) is 3.11. The lowest BCUT2D eigenvalue weighted by Crippen LogP contribution is -2.50. The number of amides is 2. The number of hydrogen-bond acceptors (Lipinski definition) is 5. The number of rotatable bonds is 7. The Bertz CT molecular complexity index is 871. The molecule has 7 heteroatoms. The molecule has 2 N–H and O–H groups in total. The molecule has 1 aliphatic rings. The van der Waals surface area contributed by atoms with Crippen LogP contribution in [0.25, 0.3) is 0 Å². The maximum atomic E-state index is 12.4. The predicted molar refractivity (Wildman–Crippen MR) is 111 cm³/mol. The van der Waals surface area contributed by atoms with E-state index >= 15 is 0 Å². The van der Waals surface area contributed by atoms with Crippen molar-refractivity contribution >= 4 is 17.5 Å². The van der Waals surface area contributed by atoms with Gasteiger partial charge < -0.3 is 25.0 Å². The van der Waals surface area contributed by atoms with Crippen molar-refractivity contribution < 1.29 is 19.1 Å². The van der Waals surface area contributed by atoms with Crippen molar-refractivity contribution in [2.24, 2.45) is 0 Å². The number of hydrogen-bond donors (Lipinski definition) is 2. The third-order valence-corrected chi connectivity index (χ3v) is 5.02. The molecule has 2 aromatic rings. The van der Waals surface area contributed by atoms with E-state index in [1.54, 1.807) is 37.3 Å². The monoisotopic (exact) mass is 397 g/mol. The summed E-state index contributed by atoms with van der Waals surface area (Å²) in [5.74, 6) is 0.520. The van der Waals surface area contributed by atoms with Crippen molar-refractivity contribution in [1.29, 1.82) is 0 Å². The van der Waals surface area contributed by atoms with Crippen molar-refractivity contribution in [3.8, 4) is 5.75 Å². The van der Waals surface area contributed by atoms with E-state index in [0.717, 1.165) is 11.3 Å². The van der Waals surface area contributed by atoms with Crippen LogP contribution < -0.4 is 20.3 Å². The van der Waals surface area contributed by atoms with Crippen molar-refractivity contribution in [3.63, 3.8) is 0 Å². The largest absolute Gasteiger partial charge is 0.497 e. The summed E-state index contributed by atoms with van der Waals surface area (Å²) in [7, 11) is 3.23. The van der Waals surface area contributed by atoms with Crippen molar-refractivity contribution in [2.75, 3.05) is 38.8 Å². The van der Waals surface area contributed by atoms with E-state index in [9.17, 15) is 9.59 Å². The van der Waals surface area contributed by atoms with E-state index in [1.807, 2.05) is 30.3 Å². The van der Waals surface area contributed by atoms with Crippen LogP contribution in [0.5, 0.6) is 5.75 Å². The number of morpholine rings is 1. The molecule has 2 amide bonds. The number of nitrogens with zero attached hydrogens (tertiary/aromatic N) is 1. The number of anilines is 1. The molecule has 1 aliphatic heterocycles. The summed E-state index contributed by atoms with van der Waals surface area (Å²) in [6, 6.07) is 15.1. The summed E-state index contributed by atoms with van der Waals surface area (Å²) >= 11 is 0. The van der Waals surface area contributed by atoms with Gasteiger partial charge in [0, 0.05) is 30.9 Å². The Morgan fingerprint density at radius 1 is 1.28 bits per heavy atom. The van der Waals surface area contributed by atoms with E-state index in [2.05, 4.69) is 17.6 Å². The van der Waals surface area contributed by atoms with Gasteiger partial charge in [0.15, 0.2) is 0 Å². The lowest BCUT2D eigenvalue weighted by Gasteiger charge is -2.33. The first-order valence-corrected chi connectivity index (χ1v) is 9.63. The fourth-order valence-corrected chi connectivity index (χ4v) is 3.29. The fraction of sp³-hybridized carbons (Fsp3) is 0.364. The number of ether oxygens (including phenoxy) is 2. The second-order valence-electron chi connectivity index (χ2n) is 6.97. The van der Waals surface area contributed by atoms with Gasteiger partial charge in [0.05, 0.1) is 19.8 Å². The number of nitrogens with one attached hydrogen (secondary N) is 2. The van der Waals surface area contributed by atoms with E-state index in [-0.39, 0.29) is 30.6 Å². The second-order valence-corrected chi connectivity index (χ2v) is 6.97. The minimum atomic E-state index is -0.183. The van der Waals surface area contributed by atoms with Crippen LogP contribution in [0.4, 0.5) is 5.69 Å². The first-order valence-electron chi connectivity index (χ1n) is 9.63. The van der Waals surface area contributed by atoms with Gasteiger partial charge in [-0.25, -0.2) is 0 Å². The average molecular weight is 397 g/mol. The first kappa shape index (κ1) is 20.8. The van der Waals surface area contributed by atoms with Crippen LogP contribution in [0.2, 0.25) is 0 Å². The minimum Gasteiger partial charge on any atom is -0.497 e. The van der Waals surface area contributed by atoms with Gasteiger partial charge in [-0.1, -0.05) is 18.2 Å². The lowest BCUT2D eigenvalue weighted by atomic mass is 10.1. The summed E-state index contributed by atoms with van der Waals surface area (Å²) in [5.41, 5.74) is 2.34. The minimum absolute atomic E-state index is 0.0179. The lowest BCUT2D eigenvalue weighted by molar-refractivity contribution is -0.129. The Balaban J connectivity index is 1.64. The topological polar surface area (TPSA) is 79.9 Å². The molecule has 3 rings (SSSR count). The molecule has 0 saturated carbocycles. The Morgan fingerprint density at radius 2 is 2.07 bits per heavy atom. The van der Waals surface area contributed by atoms with Gasteiger partial charge in [-0.15, -0.1) is 0 Å². The quantitative estimate of drug-likeness (QED) is 0.748. The van der Waals surface area contributed by atoms with Crippen molar-refractivity contribution in [2.45, 2.75) is 19.1 Å². The van der Waals surface area contributed by atoms with Crippen LogP contribution in [0.1, 0.15) is 28.9 Å². The van der Waals surface area contributed by atoms with Gasteiger partial charge in [0.25, 0.3) is 11.8 Å². The van der Waals surface area contributed by atoms with Gasteiger partial charge in [0.2, 0.25) is 0 Å². The zero-order valence-electron chi connectivity index (χ0n) is 17.0. The van der Waals surface area contributed by atoms with Crippen LogP contribution in [-0.2, 0) is 9.53 Å². The molecule has 29 heavy (non-hydrogen) atoms. The van der Waals surface area contributed by atoms with E-state index in [1.165, 1.54) is 0 Å². The van der Waals surface area contributed by atoms with Crippen molar-refractivity contribution in [3.05, 3.63) is 59.7 Å². The van der Waals surface area contributed by atoms with Gasteiger partial charge in [-0.3, -0.25) is 9.59 Å². The normalized spacial score (nSPS) is 17.7. The molecule has 2 atom stereocenters. The number of carbonyl (C=O) groups excluding carboxylic acids is 2. The molecule has 154 valence electrons. The summed E-state index contributed by atoms with van der Waals surface area (Å²) < 4.78 is 11.0. The van der Waals surface area contributed by atoms with Crippen LogP contribution >= 0.6 is 0 Å². The zero-order chi connectivity index (χ0) is 20.8. The molecule has 0 aliphatic carbocycles. The zero-order valence-corrected chi connectivity index (χ0v) is 17.0. The van der Waals surface area contributed by atoms with Gasteiger partial charge >= 0.3 is 0 Å². The molecular formula is C22H27N3O4. The molecule has 2 aromatic carbocycles. The Hall–Kier alpha value is -2.90. The highest BCUT2D eigenvalue weighted by atomic mass is 16.5. The molecule has 0 bridgehead atoms. The standard InChI is InChI=1S/C22H27N3O4/c1-15(16-6-5-9-19(11-16)28-3)24-12-20-13-25(21(26)14-29-20)18-8-4-7-17(10-18)22(27)23-2/h4-11,15,20,24H,12-14H2,1-3H3,(H,23,27)/t15-,20?/m1/s1. The number of benzene rings is 2. The Labute approximate surface area is 171 Å². The summed E-state index contributed by atoms with van der Waals surface area (Å²) in [5, 5.41) is 6.06. The Kier molecular flexibility index (Phi) is 6.85. The summed E-state index contributed by atoms with van der Waals surface area (Å²) in [6.07, 6.45) is -0.149. The smallest absolute Gasteiger partial charge is 0.253 e.